The third-order valence-electron chi connectivity index (χ3n) is 4.59. The molecule has 0 saturated carbocycles. The van der Waals surface area contributed by atoms with Gasteiger partial charge in [-0.2, -0.15) is 0 Å². The van der Waals surface area contributed by atoms with Gasteiger partial charge in [0.05, 0.1) is 13.2 Å². The van der Waals surface area contributed by atoms with Gasteiger partial charge in [-0.15, -0.1) is 0 Å². The van der Waals surface area contributed by atoms with E-state index >= 15 is 0 Å². The molecule has 0 heterocycles. The first-order valence-electron chi connectivity index (χ1n) is 10.8. The number of hydrogen-bond acceptors (Lipinski definition) is 4. The summed E-state index contributed by atoms with van der Waals surface area (Å²) in [5.74, 6) is 0.557. The average Bonchev–Trinajstić information content (AvgIpc) is 2.76. The lowest BCUT2D eigenvalue weighted by Crippen LogP contribution is -2.23. The SMILES string of the molecule is CCCCCCCOc1ccc(NCC(=O)Nc2ccc(C(=O)NCC)cc2)cc1. The number of nitrogens with one attached hydrogen (secondary N) is 3. The quantitative estimate of drug-likeness (QED) is 0.412. The molecule has 2 aromatic carbocycles. The van der Waals surface area contributed by atoms with E-state index in [4.69, 9.17) is 4.74 Å². The number of carbonyl (C=O) groups is 2. The number of anilines is 2. The number of carbonyl (C=O) groups excluding carboxylic acids is 2. The Bertz CT molecular complexity index is 773. The molecular weight excluding hydrogens is 378 g/mol. The van der Waals surface area contributed by atoms with Gasteiger partial charge < -0.3 is 20.7 Å². The summed E-state index contributed by atoms with van der Waals surface area (Å²) in [6.45, 7) is 5.54. The van der Waals surface area contributed by atoms with Gasteiger partial charge >= 0.3 is 0 Å². The van der Waals surface area contributed by atoms with Crippen molar-refractivity contribution in [3.63, 3.8) is 0 Å². The molecule has 30 heavy (non-hydrogen) atoms. The first-order chi connectivity index (χ1) is 14.6. The van der Waals surface area contributed by atoms with Gasteiger partial charge in [0.1, 0.15) is 5.75 Å². The summed E-state index contributed by atoms with van der Waals surface area (Å²) in [5, 5.41) is 8.65. The van der Waals surface area contributed by atoms with Crippen molar-refractivity contribution >= 4 is 23.2 Å². The molecule has 0 spiro atoms. The van der Waals surface area contributed by atoms with Crippen LogP contribution in [0.25, 0.3) is 0 Å². The second kappa shape index (κ2) is 13.2. The summed E-state index contributed by atoms with van der Waals surface area (Å²) in [4.78, 5) is 23.9. The molecule has 0 radical (unpaired) electrons. The van der Waals surface area contributed by atoms with Crippen molar-refractivity contribution in [1.82, 2.24) is 5.32 Å². The molecule has 0 aromatic heterocycles. The van der Waals surface area contributed by atoms with E-state index in [0.29, 0.717) is 17.8 Å². The molecule has 0 atom stereocenters. The van der Waals surface area contributed by atoms with Crippen LogP contribution in [0.1, 0.15) is 56.3 Å². The predicted molar refractivity (Wildman–Crippen MR) is 122 cm³/mol. The van der Waals surface area contributed by atoms with E-state index in [9.17, 15) is 9.59 Å². The van der Waals surface area contributed by atoms with Crippen LogP contribution in [0.3, 0.4) is 0 Å². The van der Waals surface area contributed by atoms with E-state index in [1.54, 1.807) is 24.3 Å². The standard InChI is InChI=1S/C24H33N3O3/c1-3-5-6-7-8-17-30-22-15-13-20(14-16-22)26-18-23(28)27-21-11-9-19(10-12-21)24(29)25-4-2/h9-16,26H,3-8,17-18H2,1-2H3,(H,25,29)(H,27,28). The van der Waals surface area contributed by atoms with Crippen LogP contribution in [0.15, 0.2) is 48.5 Å². The smallest absolute Gasteiger partial charge is 0.251 e. The van der Waals surface area contributed by atoms with Crippen LogP contribution >= 0.6 is 0 Å². The Labute approximate surface area is 179 Å². The Morgan fingerprint density at radius 3 is 2.17 bits per heavy atom. The first kappa shape index (κ1) is 23.3. The zero-order valence-corrected chi connectivity index (χ0v) is 18.0. The van der Waals surface area contributed by atoms with Crippen molar-refractivity contribution < 1.29 is 14.3 Å². The lowest BCUT2D eigenvalue weighted by Gasteiger charge is -2.10. The minimum absolute atomic E-state index is 0.124. The zero-order chi connectivity index (χ0) is 21.6. The molecular formula is C24H33N3O3. The Hall–Kier alpha value is -3.02. The Balaban J connectivity index is 1.69. The number of ether oxygens (including phenoxy) is 1. The minimum atomic E-state index is -0.159. The molecule has 162 valence electrons. The minimum Gasteiger partial charge on any atom is -0.494 e. The second-order valence-electron chi connectivity index (χ2n) is 7.13. The molecule has 3 N–H and O–H groups in total. The van der Waals surface area contributed by atoms with Crippen LogP contribution < -0.4 is 20.7 Å². The molecule has 6 nitrogen and oxygen atoms in total. The molecule has 6 heteroatoms. The highest BCUT2D eigenvalue weighted by Crippen LogP contribution is 2.16. The van der Waals surface area contributed by atoms with Crippen molar-refractivity contribution in [1.29, 1.82) is 0 Å². The summed E-state index contributed by atoms with van der Waals surface area (Å²) in [6, 6.07) is 14.4. The van der Waals surface area contributed by atoms with Gasteiger partial charge in [0.25, 0.3) is 5.91 Å². The molecule has 0 fully saturated rings. The van der Waals surface area contributed by atoms with Crippen LogP contribution in [-0.2, 0) is 4.79 Å². The predicted octanol–water partition coefficient (Wildman–Crippen LogP) is 4.84. The summed E-state index contributed by atoms with van der Waals surface area (Å²) >= 11 is 0. The van der Waals surface area contributed by atoms with Crippen molar-refractivity contribution in [2.75, 3.05) is 30.3 Å². The third-order valence-corrected chi connectivity index (χ3v) is 4.59. The van der Waals surface area contributed by atoms with Gasteiger partial charge in [0, 0.05) is 23.5 Å². The average molecular weight is 412 g/mol. The number of rotatable bonds is 13. The number of hydrogen-bond donors (Lipinski definition) is 3. The third kappa shape index (κ3) is 8.55. The molecule has 0 bridgehead atoms. The maximum Gasteiger partial charge on any atom is 0.251 e. The lowest BCUT2D eigenvalue weighted by atomic mass is 10.2. The fourth-order valence-corrected chi connectivity index (χ4v) is 2.92. The summed E-state index contributed by atoms with van der Waals surface area (Å²) in [7, 11) is 0. The van der Waals surface area contributed by atoms with E-state index in [1.165, 1.54) is 25.7 Å². The highest BCUT2D eigenvalue weighted by atomic mass is 16.5. The van der Waals surface area contributed by atoms with Crippen molar-refractivity contribution in [2.45, 2.75) is 46.0 Å². The van der Waals surface area contributed by atoms with Gasteiger partial charge in [0.2, 0.25) is 5.91 Å². The fraction of sp³-hybridized carbons (Fsp3) is 0.417. The summed E-state index contributed by atoms with van der Waals surface area (Å²) < 4.78 is 5.75. The van der Waals surface area contributed by atoms with Crippen LogP contribution in [0.4, 0.5) is 11.4 Å². The van der Waals surface area contributed by atoms with Crippen molar-refractivity contribution in [3.05, 3.63) is 54.1 Å². The van der Waals surface area contributed by atoms with Gasteiger partial charge in [-0.25, -0.2) is 0 Å². The Morgan fingerprint density at radius 2 is 1.50 bits per heavy atom. The lowest BCUT2D eigenvalue weighted by molar-refractivity contribution is -0.114. The molecule has 0 aliphatic rings. The normalized spacial score (nSPS) is 10.3. The second-order valence-corrected chi connectivity index (χ2v) is 7.13. The van der Waals surface area contributed by atoms with Gasteiger partial charge in [-0.3, -0.25) is 9.59 Å². The van der Waals surface area contributed by atoms with Gasteiger partial charge in [0.15, 0.2) is 0 Å². The van der Waals surface area contributed by atoms with Crippen molar-refractivity contribution in [2.24, 2.45) is 0 Å². The highest BCUT2D eigenvalue weighted by Gasteiger charge is 2.06. The van der Waals surface area contributed by atoms with E-state index in [-0.39, 0.29) is 18.4 Å². The van der Waals surface area contributed by atoms with E-state index in [1.807, 2.05) is 31.2 Å². The molecule has 0 saturated heterocycles. The molecule has 0 aliphatic carbocycles. The number of unbranched alkanes of at least 4 members (excludes halogenated alkanes) is 4. The van der Waals surface area contributed by atoms with E-state index in [2.05, 4.69) is 22.9 Å². The van der Waals surface area contributed by atoms with Gasteiger partial charge in [-0.05, 0) is 61.9 Å². The van der Waals surface area contributed by atoms with Crippen LogP contribution in [0, 0.1) is 0 Å². The van der Waals surface area contributed by atoms with Gasteiger partial charge in [-0.1, -0.05) is 32.6 Å². The molecule has 2 aromatic rings. The summed E-state index contributed by atoms with van der Waals surface area (Å²) in [6.07, 6.45) is 6.08. The maximum atomic E-state index is 12.1. The van der Waals surface area contributed by atoms with Crippen molar-refractivity contribution in [3.8, 4) is 5.75 Å². The Kier molecular flexibility index (Phi) is 10.3. The van der Waals surface area contributed by atoms with E-state index < -0.39 is 0 Å². The molecule has 0 aliphatic heterocycles. The van der Waals surface area contributed by atoms with Crippen LogP contribution in [0.2, 0.25) is 0 Å². The highest BCUT2D eigenvalue weighted by molar-refractivity contribution is 5.96. The largest absolute Gasteiger partial charge is 0.494 e. The monoisotopic (exact) mass is 411 g/mol. The fourth-order valence-electron chi connectivity index (χ4n) is 2.92. The maximum absolute atomic E-state index is 12.1. The molecule has 0 unspecified atom stereocenters. The van der Waals surface area contributed by atoms with Crippen LogP contribution in [0.5, 0.6) is 5.75 Å². The number of benzene rings is 2. The number of amides is 2. The topological polar surface area (TPSA) is 79.5 Å². The summed E-state index contributed by atoms with van der Waals surface area (Å²) in [5.41, 5.74) is 2.07. The first-order valence-corrected chi connectivity index (χ1v) is 10.8. The Morgan fingerprint density at radius 1 is 0.833 bits per heavy atom. The molecule has 2 amide bonds. The van der Waals surface area contributed by atoms with E-state index in [0.717, 1.165) is 24.5 Å². The zero-order valence-electron chi connectivity index (χ0n) is 18.0. The molecule has 2 rings (SSSR count). The van der Waals surface area contributed by atoms with Crippen LogP contribution in [-0.4, -0.2) is 31.5 Å².